The average Bonchev–Trinajstić information content (AvgIpc) is 3.09. The first kappa shape index (κ1) is 20.6. The predicted octanol–water partition coefficient (Wildman–Crippen LogP) is 3.49. The van der Waals surface area contributed by atoms with E-state index < -0.39 is 10.0 Å². The molecule has 0 saturated carbocycles. The van der Waals surface area contributed by atoms with Crippen LogP contribution in [0, 0.1) is 5.92 Å². The molecule has 1 fully saturated rings. The molecule has 1 saturated heterocycles. The minimum Gasteiger partial charge on any atom is -0.371 e. The van der Waals surface area contributed by atoms with Crippen molar-refractivity contribution in [3.8, 4) is 0 Å². The van der Waals surface area contributed by atoms with Gasteiger partial charge in [0.1, 0.15) is 4.90 Å². The standard InChI is InChI=1S/C20H24ClN3O3S/c1-15-11-13-24(14-15)17-8-6-16(7-9-17)23-20(25)10-12-22-28(26,27)19-5-3-2-4-18(19)21/h2-9,15,22H,10-14H2,1H3,(H,23,25). The molecular weight excluding hydrogens is 398 g/mol. The molecule has 28 heavy (non-hydrogen) atoms. The number of nitrogens with one attached hydrogen (secondary N) is 2. The van der Waals surface area contributed by atoms with Crippen molar-refractivity contribution in [2.24, 2.45) is 5.92 Å². The average molecular weight is 422 g/mol. The number of sulfonamides is 1. The second-order valence-corrected chi connectivity index (χ2v) is 9.16. The van der Waals surface area contributed by atoms with Gasteiger partial charge in [-0.1, -0.05) is 30.7 Å². The molecule has 1 amide bonds. The molecule has 1 atom stereocenters. The summed E-state index contributed by atoms with van der Waals surface area (Å²) >= 11 is 5.92. The van der Waals surface area contributed by atoms with E-state index in [1.807, 2.05) is 24.3 Å². The number of anilines is 2. The fourth-order valence-electron chi connectivity index (χ4n) is 3.19. The van der Waals surface area contributed by atoms with Gasteiger partial charge in [-0.2, -0.15) is 0 Å². The maximum atomic E-state index is 12.2. The molecule has 1 unspecified atom stereocenters. The first-order valence-corrected chi connectivity index (χ1v) is 11.1. The molecule has 1 aliphatic heterocycles. The second kappa shape index (κ2) is 8.94. The molecule has 1 heterocycles. The highest BCUT2D eigenvalue weighted by Gasteiger charge is 2.19. The van der Waals surface area contributed by atoms with Crippen LogP contribution in [0.5, 0.6) is 0 Å². The van der Waals surface area contributed by atoms with Gasteiger partial charge in [-0.05, 0) is 48.7 Å². The largest absolute Gasteiger partial charge is 0.371 e. The van der Waals surface area contributed by atoms with E-state index in [2.05, 4.69) is 21.9 Å². The number of carbonyl (C=O) groups excluding carboxylic acids is 1. The molecule has 0 spiro atoms. The summed E-state index contributed by atoms with van der Waals surface area (Å²) in [6.45, 7) is 4.34. The minimum absolute atomic E-state index is 0.00361. The van der Waals surface area contributed by atoms with Gasteiger partial charge < -0.3 is 10.2 Å². The number of halogens is 1. The fraction of sp³-hybridized carbons (Fsp3) is 0.350. The van der Waals surface area contributed by atoms with Crippen molar-refractivity contribution in [2.75, 3.05) is 29.9 Å². The van der Waals surface area contributed by atoms with E-state index >= 15 is 0 Å². The molecule has 3 rings (SSSR count). The smallest absolute Gasteiger partial charge is 0.242 e. The number of amides is 1. The number of benzene rings is 2. The summed E-state index contributed by atoms with van der Waals surface area (Å²) in [5.41, 5.74) is 1.84. The summed E-state index contributed by atoms with van der Waals surface area (Å²) in [7, 11) is -3.75. The number of nitrogens with zero attached hydrogens (tertiary/aromatic N) is 1. The predicted molar refractivity (Wildman–Crippen MR) is 112 cm³/mol. The Labute approximate surface area is 170 Å². The molecule has 1 aliphatic rings. The fourth-order valence-corrected chi connectivity index (χ4v) is 4.74. The van der Waals surface area contributed by atoms with Crippen LogP contribution in [0.1, 0.15) is 19.8 Å². The zero-order chi connectivity index (χ0) is 20.1. The number of hydrogen-bond acceptors (Lipinski definition) is 4. The van der Waals surface area contributed by atoms with Crippen molar-refractivity contribution < 1.29 is 13.2 Å². The maximum absolute atomic E-state index is 12.2. The zero-order valence-electron chi connectivity index (χ0n) is 15.7. The van der Waals surface area contributed by atoms with Gasteiger partial charge in [-0.15, -0.1) is 0 Å². The van der Waals surface area contributed by atoms with Gasteiger partial charge in [0, 0.05) is 37.4 Å². The van der Waals surface area contributed by atoms with Crippen LogP contribution >= 0.6 is 11.6 Å². The van der Waals surface area contributed by atoms with Crippen molar-refractivity contribution in [2.45, 2.75) is 24.7 Å². The number of rotatable bonds is 7. The van der Waals surface area contributed by atoms with Gasteiger partial charge in [-0.3, -0.25) is 4.79 Å². The van der Waals surface area contributed by atoms with Gasteiger partial charge in [0.2, 0.25) is 15.9 Å². The third-order valence-electron chi connectivity index (χ3n) is 4.71. The third kappa shape index (κ3) is 5.25. The summed E-state index contributed by atoms with van der Waals surface area (Å²) in [4.78, 5) is 14.4. The Morgan fingerprint density at radius 3 is 2.54 bits per heavy atom. The normalized spacial score (nSPS) is 16.9. The molecule has 150 valence electrons. The Hall–Kier alpha value is -2.09. The maximum Gasteiger partial charge on any atom is 0.242 e. The van der Waals surface area contributed by atoms with E-state index in [1.165, 1.54) is 18.6 Å². The van der Waals surface area contributed by atoms with Crippen molar-refractivity contribution in [3.05, 3.63) is 53.6 Å². The lowest BCUT2D eigenvalue weighted by molar-refractivity contribution is -0.116. The monoisotopic (exact) mass is 421 g/mol. The molecule has 0 aromatic heterocycles. The van der Waals surface area contributed by atoms with E-state index in [9.17, 15) is 13.2 Å². The van der Waals surface area contributed by atoms with E-state index in [4.69, 9.17) is 11.6 Å². The van der Waals surface area contributed by atoms with Gasteiger partial charge in [-0.25, -0.2) is 13.1 Å². The lowest BCUT2D eigenvalue weighted by Gasteiger charge is -2.18. The first-order chi connectivity index (χ1) is 13.3. The molecule has 6 nitrogen and oxygen atoms in total. The first-order valence-electron chi connectivity index (χ1n) is 9.24. The van der Waals surface area contributed by atoms with E-state index in [1.54, 1.807) is 12.1 Å². The number of hydrogen-bond donors (Lipinski definition) is 2. The van der Waals surface area contributed by atoms with Crippen LogP contribution in [0.4, 0.5) is 11.4 Å². The van der Waals surface area contributed by atoms with Crippen LogP contribution in [-0.4, -0.2) is 34.0 Å². The summed E-state index contributed by atoms with van der Waals surface area (Å²) in [5, 5.41) is 2.93. The molecular formula is C20H24ClN3O3S. The Morgan fingerprint density at radius 2 is 1.89 bits per heavy atom. The minimum atomic E-state index is -3.75. The second-order valence-electron chi connectivity index (χ2n) is 7.01. The SMILES string of the molecule is CC1CCN(c2ccc(NC(=O)CCNS(=O)(=O)c3ccccc3Cl)cc2)C1. The highest BCUT2D eigenvalue weighted by molar-refractivity contribution is 7.89. The van der Waals surface area contributed by atoms with Crippen LogP contribution in [0.25, 0.3) is 0 Å². The van der Waals surface area contributed by atoms with Crippen molar-refractivity contribution in [3.63, 3.8) is 0 Å². The Kier molecular flexibility index (Phi) is 6.59. The summed E-state index contributed by atoms with van der Waals surface area (Å²) in [5.74, 6) is 0.443. The molecule has 2 N–H and O–H groups in total. The Morgan fingerprint density at radius 1 is 1.18 bits per heavy atom. The van der Waals surface area contributed by atoms with Crippen molar-refractivity contribution in [1.29, 1.82) is 0 Å². The molecule has 8 heteroatoms. The zero-order valence-corrected chi connectivity index (χ0v) is 17.3. The molecule has 2 aromatic rings. The lowest BCUT2D eigenvalue weighted by Crippen LogP contribution is -2.28. The van der Waals surface area contributed by atoms with Crippen LogP contribution in [0.15, 0.2) is 53.4 Å². The van der Waals surface area contributed by atoms with E-state index in [0.717, 1.165) is 18.8 Å². The van der Waals surface area contributed by atoms with Gasteiger partial charge in [0.25, 0.3) is 0 Å². The topological polar surface area (TPSA) is 78.5 Å². The molecule has 0 aliphatic carbocycles. The Balaban J connectivity index is 1.49. The van der Waals surface area contributed by atoms with Crippen LogP contribution in [0.2, 0.25) is 5.02 Å². The van der Waals surface area contributed by atoms with Crippen LogP contribution in [-0.2, 0) is 14.8 Å². The third-order valence-corrected chi connectivity index (χ3v) is 6.67. The van der Waals surface area contributed by atoms with Crippen LogP contribution in [0.3, 0.4) is 0 Å². The van der Waals surface area contributed by atoms with E-state index in [-0.39, 0.29) is 28.8 Å². The molecule has 0 radical (unpaired) electrons. The highest BCUT2D eigenvalue weighted by Crippen LogP contribution is 2.25. The van der Waals surface area contributed by atoms with E-state index in [0.29, 0.717) is 11.6 Å². The van der Waals surface area contributed by atoms with Gasteiger partial charge in [0.05, 0.1) is 5.02 Å². The van der Waals surface area contributed by atoms with Gasteiger partial charge >= 0.3 is 0 Å². The molecule has 2 aromatic carbocycles. The lowest BCUT2D eigenvalue weighted by atomic mass is 10.2. The summed E-state index contributed by atoms with van der Waals surface area (Å²) in [6, 6.07) is 13.9. The van der Waals surface area contributed by atoms with Gasteiger partial charge in [0.15, 0.2) is 0 Å². The van der Waals surface area contributed by atoms with Crippen LogP contribution < -0.4 is 14.9 Å². The molecule has 0 bridgehead atoms. The number of carbonyl (C=O) groups is 1. The van der Waals surface area contributed by atoms with Crippen molar-refractivity contribution in [1.82, 2.24) is 4.72 Å². The quantitative estimate of drug-likeness (QED) is 0.717. The summed E-state index contributed by atoms with van der Waals surface area (Å²) in [6.07, 6.45) is 1.22. The Bertz CT molecular complexity index is 932. The highest BCUT2D eigenvalue weighted by atomic mass is 35.5. The summed E-state index contributed by atoms with van der Waals surface area (Å²) < 4.78 is 26.9. The van der Waals surface area contributed by atoms with Crippen molar-refractivity contribution >= 4 is 38.9 Å².